The standard InChI is InChI=1S/C11H14FN3O/c1-13-10-9(12)8(4-5-14-10)11(16)15-6-7-2-3-7/h4-5,7H,2-3,6H2,1H3,(H,13,14)(H,15,16). The van der Waals surface area contributed by atoms with Crippen LogP contribution in [0.25, 0.3) is 0 Å². The van der Waals surface area contributed by atoms with Crippen molar-refractivity contribution in [1.82, 2.24) is 10.3 Å². The summed E-state index contributed by atoms with van der Waals surface area (Å²) in [6.45, 7) is 0.634. The van der Waals surface area contributed by atoms with Gasteiger partial charge in [0.25, 0.3) is 5.91 Å². The number of hydrogen-bond donors (Lipinski definition) is 2. The maximum atomic E-state index is 13.7. The average molecular weight is 223 g/mol. The quantitative estimate of drug-likeness (QED) is 0.811. The lowest BCUT2D eigenvalue weighted by Gasteiger charge is -2.07. The zero-order chi connectivity index (χ0) is 11.5. The first-order valence-corrected chi connectivity index (χ1v) is 5.33. The van der Waals surface area contributed by atoms with E-state index < -0.39 is 5.82 Å². The number of halogens is 1. The van der Waals surface area contributed by atoms with Gasteiger partial charge in [0.05, 0.1) is 5.56 Å². The Morgan fingerprint density at radius 2 is 2.38 bits per heavy atom. The Bertz CT molecular complexity index is 404. The maximum Gasteiger partial charge on any atom is 0.254 e. The molecule has 1 aromatic heterocycles. The summed E-state index contributed by atoms with van der Waals surface area (Å²) in [5, 5.41) is 5.32. The zero-order valence-corrected chi connectivity index (χ0v) is 9.09. The van der Waals surface area contributed by atoms with E-state index in [4.69, 9.17) is 0 Å². The Morgan fingerprint density at radius 1 is 1.62 bits per heavy atom. The molecule has 16 heavy (non-hydrogen) atoms. The van der Waals surface area contributed by atoms with Crippen LogP contribution in [0, 0.1) is 11.7 Å². The van der Waals surface area contributed by atoms with Gasteiger partial charge < -0.3 is 10.6 Å². The van der Waals surface area contributed by atoms with Gasteiger partial charge in [-0.1, -0.05) is 0 Å². The third kappa shape index (κ3) is 2.29. The number of hydrogen-bond acceptors (Lipinski definition) is 3. The molecule has 1 fully saturated rings. The first kappa shape index (κ1) is 10.9. The molecule has 1 amide bonds. The minimum absolute atomic E-state index is 0.0417. The van der Waals surface area contributed by atoms with E-state index in [9.17, 15) is 9.18 Å². The molecule has 1 heterocycles. The second-order valence-electron chi connectivity index (χ2n) is 3.92. The predicted octanol–water partition coefficient (Wildman–Crippen LogP) is 1.40. The van der Waals surface area contributed by atoms with E-state index in [1.54, 1.807) is 7.05 Å². The molecular formula is C11H14FN3O. The van der Waals surface area contributed by atoms with Crippen molar-refractivity contribution in [3.05, 3.63) is 23.6 Å². The predicted molar refractivity (Wildman–Crippen MR) is 58.8 cm³/mol. The van der Waals surface area contributed by atoms with Crippen LogP contribution in [-0.2, 0) is 0 Å². The molecule has 0 atom stereocenters. The molecule has 2 N–H and O–H groups in total. The van der Waals surface area contributed by atoms with Crippen molar-refractivity contribution >= 4 is 11.7 Å². The number of rotatable bonds is 4. The number of pyridine rings is 1. The highest BCUT2D eigenvalue weighted by atomic mass is 19.1. The topological polar surface area (TPSA) is 54.0 Å². The van der Waals surface area contributed by atoms with Crippen molar-refractivity contribution in [2.45, 2.75) is 12.8 Å². The number of amides is 1. The molecule has 0 radical (unpaired) electrons. The molecule has 1 saturated carbocycles. The molecule has 0 aromatic carbocycles. The Labute approximate surface area is 93.3 Å². The lowest BCUT2D eigenvalue weighted by atomic mass is 10.2. The van der Waals surface area contributed by atoms with Crippen molar-refractivity contribution in [2.24, 2.45) is 5.92 Å². The molecule has 4 nitrogen and oxygen atoms in total. The molecule has 1 aliphatic rings. The number of nitrogens with zero attached hydrogens (tertiary/aromatic N) is 1. The lowest BCUT2D eigenvalue weighted by Crippen LogP contribution is -2.26. The molecule has 0 spiro atoms. The van der Waals surface area contributed by atoms with Crippen molar-refractivity contribution < 1.29 is 9.18 Å². The van der Waals surface area contributed by atoms with Gasteiger partial charge in [-0.25, -0.2) is 9.37 Å². The monoisotopic (exact) mass is 223 g/mol. The lowest BCUT2D eigenvalue weighted by molar-refractivity contribution is 0.0947. The van der Waals surface area contributed by atoms with E-state index in [-0.39, 0.29) is 17.3 Å². The SMILES string of the molecule is CNc1nccc(C(=O)NCC2CC2)c1F. The Kier molecular flexibility index (Phi) is 3.03. The molecule has 0 saturated heterocycles. The van der Waals surface area contributed by atoms with Gasteiger partial charge in [-0.05, 0) is 24.8 Å². The minimum atomic E-state index is -0.599. The summed E-state index contributed by atoms with van der Waals surface area (Å²) in [6.07, 6.45) is 3.72. The summed E-state index contributed by atoms with van der Waals surface area (Å²) in [7, 11) is 1.57. The van der Waals surface area contributed by atoms with E-state index in [0.29, 0.717) is 12.5 Å². The summed E-state index contributed by atoms with van der Waals surface area (Å²) in [5.74, 6) is -0.293. The molecule has 1 aliphatic carbocycles. The minimum Gasteiger partial charge on any atom is -0.371 e. The zero-order valence-electron chi connectivity index (χ0n) is 9.09. The highest BCUT2D eigenvalue weighted by Crippen LogP contribution is 2.27. The van der Waals surface area contributed by atoms with Crippen LogP contribution in [0.5, 0.6) is 0 Å². The fourth-order valence-corrected chi connectivity index (χ4v) is 1.45. The summed E-state index contributed by atoms with van der Waals surface area (Å²) < 4.78 is 13.7. The van der Waals surface area contributed by atoms with Gasteiger partial charge in [0.2, 0.25) is 0 Å². The van der Waals surface area contributed by atoms with Crippen LogP contribution in [-0.4, -0.2) is 24.5 Å². The highest BCUT2D eigenvalue weighted by Gasteiger charge is 2.23. The van der Waals surface area contributed by atoms with Gasteiger partial charge in [-0.3, -0.25) is 4.79 Å². The smallest absolute Gasteiger partial charge is 0.254 e. The Hall–Kier alpha value is -1.65. The van der Waals surface area contributed by atoms with E-state index >= 15 is 0 Å². The fourth-order valence-electron chi connectivity index (χ4n) is 1.45. The number of nitrogens with one attached hydrogen (secondary N) is 2. The fraction of sp³-hybridized carbons (Fsp3) is 0.455. The van der Waals surface area contributed by atoms with Crippen molar-refractivity contribution in [1.29, 1.82) is 0 Å². The molecule has 0 bridgehead atoms. The Morgan fingerprint density at radius 3 is 3.00 bits per heavy atom. The number of aromatic nitrogens is 1. The van der Waals surface area contributed by atoms with Crippen LogP contribution in [0.4, 0.5) is 10.2 Å². The van der Waals surface area contributed by atoms with Crippen molar-refractivity contribution in [2.75, 3.05) is 18.9 Å². The van der Waals surface area contributed by atoms with Crippen LogP contribution < -0.4 is 10.6 Å². The largest absolute Gasteiger partial charge is 0.371 e. The van der Waals surface area contributed by atoms with Crippen LogP contribution in [0.2, 0.25) is 0 Å². The molecule has 5 heteroatoms. The van der Waals surface area contributed by atoms with E-state index in [2.05, 4.69) is 15.6 Å². The van der Waals surface area contributed by atoms with Gasteiger partial charge in [-0.15, -0.1) is 0 Å². The summed E-state index contributed by atoms with van der Waals surface area (Å²) in [6, 6.07) is 1.39. The summed E-state index contributed by atoms with van der Waals surface area (Å²) >= 11 is 0. The highest BCUT2D eigenvalue weighted by molar-refractivity contribution is 5.95. The van der Waals surface area contributed by atoms with E-state index in [1.165, 1.54) is 12.3 Å². The van der Waals surface area contributed by atoms with Gasteiger partial charge >= 0.3 is 0 Å². The van der Waals surface area contributed by atoms with Crippen LogP contribution in [0.15, 0.2) is 12.3 Å². The van der Waals surface area contributed by atoms with Gasteiger partial charge in [0.15, 0.2) is 11.6 Å². The first-order valence-electron chi connectivity index (χ1n) is 5.33. The number of carbonyl (C=O) groups excluding carboxylic acids is 1. The third-order valence-corrected chi connectivity index (χ3v) is 2.62. The first-order chi connectivity index (χ1) is 7.72. The second-order valence-corrected chi connectivity index (χ2v) is 3.92. The van der Waals surface area contributed by atoms with Gasteiger partial charge in [0, 0.05) is 19.8 Å². The van der Waals surface area contributed by atoms with Gasteiger partial charge in [-0.2, -0.15) is 0 Å². The molecule has 0 unspecified atom stereocenters. The molecule has 2 rings (SSSR count). The van der Waals surface area contributed by atoms with E-state index in [1.807, 2.05) is 0 Å². The van der Waals surface area contributed by atoms with Crippen LogP contribution in [0.3, 0.4) is 0 Å². The van der Waals surface area contributed by atoms with Crippen molar-refractivity contribution in [3.8, 4) is 0 Å². The van der Waals surface area contributed by atoms with E-state index in [0.717, 1.165) is 12.8 Å². The van der Waals surface area contributed by atoms with Crippen LogP contribution >= 0.6 is 0 Å². The van der Waals surface area contributed by atoms with Gasteiger partial charge in [0.1, 0.15) is 0 Å². The normalized spacial score (nSPS) is 14.6. The Balaban J connectivity index is 2.08. The molecule has 86 valence electrons. The second kappa shape index (κ2) is 4.47. The number of anilines is 1. The summed E-state index contributed by atoms with van der Waals surface area (Å²) in [5.41, 5.74) is 0.0417. The maximum absolute atomic E-state index is 13.7. The summed E-state index contributed by atoms with van der Waals surface area (Å²) in [4.78, 5) is 15.4. The molecule has 0 aliphatic heterocycles. The number of carbonyl (C=O) groups is 1. The van der Waals surface area contributed by atoms with Crippen LogP contribution in [0.1, 0.15) is 23.2 Å². The molecule has 1 aromatic rings. The van der Waals surface area contributed by atoms with Crippen molar-refractivity contribution in [3.63, 3.8) is 0 Å². The average Bonchev–Trinajstić information content (AvgIpc) is 3.10. The third-order valence-electron chi connectivity index (χ3n) is 2.62. The molecular weight excluding hydrogens is 209 g/mol.